The molecule has 11 atom stereocenters. The summed E-state index contributed by atoms with van der Waals surface area (Å²) >= 11 is 0. The highest BCUT2D eigenvalue weighted by Crippen LogP contribution is 2.63. The molecular formula is C45H63NO16S2. The average Bonchev–Trinajstić information content (AvgIpc) is 3.20. The molecule has 17 nitrogen and oxygen atoms in total. The first-order chi connectivity index (χ1) is 29.7. The highest BCUT2D eigenvalue weighted by Gasteiger charge is 2.77. The molecule has 1 aromatic rings. The molecule has 0 unspecified atom stereocenters. The number of aliphatic hydroxyl groups excluding tert-OH is 2. The SMILES string of the molecule is COc1ccc(OC)c(C(=O)O[C@H]2[C@@H]3[C@]4(O)CO[C@@H]4C[C@H](O)[C@@]3(C)C(=O)[C@H](OC(=O)CCSSC)C3=C(C)[C@@H](OC(=O)[C@H](O)[C@H](C=C(C)C)NC(=O)OC(C)(C)C)C[C@]2(O)C3(C)C)c1. The fourth-order valence-electron chi connectivity index (χ4n) is 9.62. The Morgan fingerprint density at radius 3 is 2.28 bits per heavy atom. The van der Waals surface area contributed by atoms with Gasteiger partial charge in [0.1, 0.15) is 46.1 Å². The number of benzene rings is 1. The summed E-state index contributed by atoms with van der Waals surface area (Å²) in [6.07, 6.45) is -8.54. The molecule has 356 valence electrons. The summed E-state index contributed by atoms with van der Waals surface area (Å²) in [6.45, 7) is 13.9. The molecule has 0 aromatic heterocycles. The quantitative estimate of drug-likeness (QED) is 0.0576. The van der Waals surface area contributed by atoms with Gasteiger partial charge in [-0.3, -0.25) is 9.59 Å². The van der Waals surface area contributed by atoms with Gasteiger partial charge in [0.2, 0.25) is 0 Å². The van der Waals surface area contributed by atoms with Crippen LogP contribution in [-0.4, -0.2) is 143 Å². The third-order valence-electron chi connectivity index (χ3n) is 13.0. The van der Waals surface area contributed by atoms with Gasteiger partial charge in [-0.25, -0.2) is 14.4 Å². The van der Waals surface area contributed by atoms with Crippen LogP contribution in [0, 0.1) is 16.7 Å². The summed E-state index contributed by atoms with van der Waals surface area (Å²) in [5.74, 6) is -4.98. The van der Waals surface area contributed by atoms with E-state index >= 15 is 4.79 Å². The highest BCUT2D eigenvalue weighted by atomic mass is 33.1. The van der Waals surface area contributed by atoms with Crippen molar-refractivity contribution in [2.24, 2.45) is 16.7 Å². The van der Waals surface area contributed by atoms with E-state index in [2.05, 4.69) is 5.32 Å². The van der Waals surface area contributed by atoms with Crippen LogP contribution in [0.5, 0.6) is 11.5 Å². The van der Waals surface area contributed by atoms with Crippen molar-refractivity contribution < 1.29 is 77.6 Å². The number of nitrogens with one attached hydrogen (secondary N) is 1. The molecule has 0 spiro atoms. The first kappa shape index (κ1) is 51.1. The van der Waals surface area contributed by atoms with E-state index in [0.29, 0.717) is 11.3 Å². The number of hydrogen-bond donors (Lipinski definition) is 5. The second-order valence-corrected chi connectivity index (χ2v) is 21.5. The normalized spacial score (nSPS) is 31.5. The first-order valence-electron chi connectivity index (χ1n) is 21.0. The minimum Gasteiger partial charge on any atom is -0.497 e. The lowest BCUT2D eigenvalue weighted by molar-refractivity contribution is -0.343. The molecule has 5 rings (SSSR count). The largest absolute Gasteiger partial charge is 0.497 e. The molecule has 64 heavy (non-hydrogen) atoms. The maximum atomic E-state index is 15.6. The number of Topliss-reactive ketones (excluding diaryl/α,β-unsaturated/α-hetero) is 1. The third-order valence-corrected chi connectivity index (χ3v) is 14.8. The minimum atomic E-state index is -2.44. The zero-order chi connectivity index (χ0) is 47.9. The van der Waals surface area contributed by atoms with E-state index in [-0.39, 0.29) is 47.7 Å². The molecule has 1 amide bonds. The number of aliphatic hydroxyl groups is 4. The van der Waals surface area contributed by atoms with Crippen LogP contribution in [0.4, 0.5) is 4.79 Å². The topological polar surface area (TPSA) is 243 Å². The maximum absolute atomic E-state index is 15.6. The molecular weight excluding hydrogens is 875 g/mol. The van der Waals surface area contributed by atoms with Crippen LogP contribution in [0.1, 0.15) is 91.9 Å². The molecule has 3 fully saturated rings. The average molecular weight is 938 g/mol. The zero-order valence-corrected chi connectivity index (χ0v) is 40.1. The third kappa shape index (κ3) is 9.53. The molecule has 0 radical (unpaired) electrons. The fraction of sp³-hybridized carbons (Fsp3) is 0.667. The molecule has 1 heterocycles. The van der Waals surface area contributed by atoms with Gasteiger partial charge >= 0.3 is 24.0 Å². The number of methoxy groups -OCH3 is 2. The summed E-state index contributed by atoms with van der Waals surface area (Å²) in [5.41, 5.74) is -8.53. The molecule has 2 bridgehead atoms. The van der Waals surface area contributed by atoms with Crippen molar-refractivity contribution in [3.8, 4) is 11.5 Å². The van der Waals surface area contributed by atoms with Crippen LogP contribution in [0.15, 0.2) is 41.0 Å². The molecule has 1 aliphatic heterocycles. The van der Waals surface area contributed by atoms with E-state index in [0.717, 1.165) is 0 Å². The Balaban J connectivity index is 1.73. The number of rotatable bonds is 14. The number of fused-ring (bicyclic) bond motifs is 5. The lowest BCUT2D eigenvalue weighted by Crippen LogP contribution is -2.81. The Morgan fingerprint density at radius 1 is 1.05 bits per heavy atom. The number of allylic oxidation sites excluding steroid dienone is 1. The van der Waals surface area contributed by atoms with Gasteiger partial charge in [-0.15, -0.1) is 0 Å². The number of amides is 1. The Morgan fingerprint density at radius 2 is 1.72 bits per heavy atom. The van der Waals surface area contributed by atoms with Crippen molar-refractivity contribution in [1.82, 2.24) is 5.32 Å². The second-order valence-electron chi connectivity index (χ2n) is 18.8. The molecule has 3 aliphatic carbocycles. The van der Waals surface area contributed by atoms with E-state index in [1.54, 1.807) is 54.5 Å². The molecule has 1 saturated heterocycles. The van der Waals surface area contributed by atoms with Gasteiger partial charge in [0, 0.05) is 29.9 Å². The summed E-state index contributed by atoms with van der Waals surface area (Å²) in [6, 6.07) is 3.01. The van der Waals surface area contributed by atoms with Gasteiger partial charge in [-0.05, 0) is 84.1 Å². The number of hydrogen-bond acceptors (Lipinski definition) is 18. The van der Waals surface area contributed by atoms with Crippen molar-refractivity contribution in [2.45, 2.75) is 141 Å². The van der Waals surface area contributed by atoms with Crippen LogP contribution in [0.3, 0.4) is 0 Å². The number of esters is 3. The standard InChI is InChI=1S/C45H63NO16S2/c1-22(2)17-26(46-40(53)62-41(4,5)6)33(49)39(52)59-28-20-45(55)37(61-38(51)25-18-24(56-10)13-14-27(25)57-11)35-43(9,29(47)19-30-44(35,54)21-58-30)36(50)34(32(23(28)3)42(45,7)8)60-31(48)15-16-64-63-12/h13-14,17-18,26,28-30,33-35,37,47,49,54-55H,15-16,19-21H2,1-12H3,(H,46,53)/t26-,28-,29-,30+,33+,34+,35-,37-,43+,44-,45+/m0/s1. The maximum Gasteiger partial charge on any atom is 0.408 e. The van der Waals surface area contributed by atoms with Crippen LogP contribution >= 0.6 is 21.6 Å². The fourth-order valence-corrected chi connectivity index (χ4v) is 10.8. The molecule has 2 saturated carbocycles. The molecule has 19 heteroatoms. The van der Waals surface area contributed by atoms with Gasteiger partial charge in [0.15, 0.2) is 18.0 Å². The number of carbonyl (C=O) groups excluding carboxylic acids is 5. The number of carbonyl (C=O) groups is 5. The van der Waals surface area contributed by atoms with Crippen LogP contribution in [0.2, 0.25) is 0 Å². The Hall–Kier alpha value is -3.85. The van der Waals surface area contributed by atoms with E-state index in [1.165, 1.54) is 67.9 Å². The first-order valence-corrected chi connectivity index (χ1v) is 23.8. The smallest absolute Gasteiger partial charge is 0.408 e. The van der Waals surface area contributed by atoms with Crippen LogP contribution in [0.25, 0.3) is 0 Å². The van der Waals surface area contributed by atoms with E-state index in [4.69, 9.17) is 33.2 Å². The van der Waals surface area contributed by atoms with E-state index in [9.17, 15) is 39.6 Å². The van der Waals surface area contributed by atoms with Gasteiger partial charge in [-0.1, -0.05) is 47.1 Å². The predicted molar refractivity (Wildman–Crippen MR) is 236 cm³/mol. The molecule has 1 aromatic carbocycles. The van der Waals surface area contributed by atoms with Crippen molar-refractivity contribution in [2.75, 3.05) is 32.8 Å². The van der Waals surface area contributed by atoms with Gasteiger partial charge in [-0.2, -0.15) is 0 Å². The van der Waals surface area contributed by atoms with E-state index < -0.39 is 112 Å². The monoisotopic (exact) mass is 937 g/mol. The Bertz CT molecular complexity index is 2040. The predicted octanol–water partition coefficient (Wildman–Crippen LogP) is 4.25. The molecule has 5 N–H and O–H groups in total. The summed E-state index contributed by atoms with van der Waals surface area (Å²) in [7, 11) is 5.53. The Labute approximate surface area is 381 Å². The Kier molecular flexibility index (Phi) is 15.3. The van der Waals surface area contributed by atoms with Crippen molar-refractivity contribution in [3.05, 3.63) is 46.6 Å². The molecule has 4 aliphatic rings. The second kappa shape index (κ2) is 19.2. The van der Waals surface area contributed by atoms with Gasteiger partial charge in [0.25, 0.3) is 0 Å². The number of ether oxygens (including phenoxy) is 7. The van der Waals surface area contributed by atoms with Gasteiger partial charge < -0.3 is 58.9 Å². The lowest BCUT2D eigenvalue weighted by Gasteiger charge is -2.66. The highest BCUT2D eigenvalue weighted by molar-refractivity contribution is 8.76. The summed E-state index contributed by atoms with van der Waals surface area (Å²) < 4.78 is 40.5. The van der Waals surface area contributed by atoms with Crippen LogP contribution in [-0.2, 0) is 38.1 Å². The van der Waals surface area contributed by atoms with Crippen molar-refractivity contribution in [1.29, 1.82) is 0 Å². The zero-order valence-electron chi connectivity index (χ0n) is 38.5. The van der Waals surface area contributed by atoms with Gasteiger partial charge in [0.05, 0.1) is 50.9 Å². The van der Waals surface area contributed by atoms with Crippen molar-refractivity contribution >= 4 is 51.4 Å². The van der Waals surface area contributed by atoms with Crippen molar-refractivity contribution in [3.63, 3.8) is 0 Å². The number of ketones is 1. The summed E-state index contributed by atoms with van der Waals surface area (Å²) in [5, 5.41) is 52.5. The number of alkyl carbamates (subject to hydrolysis) is 1. The van der Waals surface area contributed by atoms with Crippen LogP contribution < -0.4 is 14.8 Å². The lowest BCUT2D eigenvalue weighted by atomic mass is 9.44. The summed E-state index contributed by atoms with van der Waals surface area (Å²) in [4.78, 5) is 71.0. The van der Waals surface area contributed by atoms with E-state index in [1.807, 2.05) is 6.26 Å². The minimum absolute atomic E-state index is 0.0111.